The van der Waals surface area contributed by atoms with Crippen LogP contribution >= 0.6 is 0 Å². The van der Waals surface area contributed by atoms with Crippen LogP contribution in [0.1, 0.15) is 0 Å². The van der Waals surface area contributed by atoms with E-state index >= 15 is 0 Å². The van der Waals surface area contributed by atoms with Crippen molar-refractivity contribution in [2.24, 2.45) is 0 Å². The zero-order chi connectivity index (χ0) is 3.58. The molecule has 5 heteroatoms. The Morgan fingerprint density at radius 3 is 1.14 bits per heavy atom. The SMILES string of the molecule is CN(C)[NH-].[Cl-].[Cl-].[Ti+3]. The summed E-state index contributed by atoms with van der Waals surface area (Å²) in [6.45, 7) is 0. The largest absolute Gasteiger partial charge is 3.00 e. The van der Waals surface area contributed by atoms with Gasteiger partial charge in [0.2, 0.25) is 0 Å². The van der Waals surface area contributed by atoms with Crippen LogP contribution in [0.3, 0.4) is 0 Å². The van der Waals surface area contributed by atoms with Crippen molar-refractivity contribution >= 4 is 0 Å². The molecule has 0 aliphatic carbocycles. The molecule has 0 heterocycles. The average Bonchev–Trinajstić information content (AvgIpc) is 0.811. The van der Waals surface area contributed by atoms with Crippen LogP contribution in [0.15, 0.2) is 0 Å². The van der Waals surface area contributed by atoms with Crippen molar-refractivity contribution in [3.05, 3.63) is 5.84 Å². The first-order valence-electron chi connectivity index (χ1n) is 1.12. The van der Waals surface area contributed by atoms with E-state index in [9.17, 15) is 0 Å². The van der Waals surface area contributed by atoms with Crippen LogP contribution in [-0.2, 0) is 21.7 Å². The fourth-order valence-corrected chi connectivity index (χ4v) is 0. The van der Waals surface area contributed by atoms with E-state index in [1.54, 1.807) is 14.1 Å². The minimum Gasteiger partial charge on any atom is -1.00 e. The van der Waals surface area contributed by atoms with Gasteiger partial charge in [0.05, 0.1) is 0 Å². The van der Waals surface area contributed by atoms with Crippen LogP contribution in [0.4, 0.5) is 0 Å². The van der Waals surface area contributed by atoms with Gasteiger partial charge in [-0.25, -0.2) is 0 Å². The van der Waals surface area contributed by atoms with Gasteiger partial charge in [-0.3, -0.25) is 0 Å². The molecule has 0 fully saturated rings. The van der Waals surface area contributed by atoms with Gasteiger partial charge < -0.3 is 35.7 Å². The third kappa shape index (κ3) is 133. The molecule has 0 unspecified atom stereocenters. The second kappa shape index (κ2) is 15.7. The summed E-state index contributed by atoms with van der Waals surface area (Å²) in [5.74, 6) is 6.42. The minimum atomic E-state index is 0. The molecule has 0 aliphatic rings. The van der Waals surface area contributed by atoms with E-state index in [4.69, 9.17) is 5.84 Å². The molecule has 0 rings (SSSR count). The average molecular weight is 178 g/mol. The molecule has 0 bridgehead atoms. The maximum absolute atomic E-state index is 6.42. The van der Waals surface area contributed by atoms with Gasteiger partial charge in [-0.15, -0.1) is 0 Å². The molecule has 7 heavy (non-hydrogen) atoms. The first-order chi connectivity index (χ1) is 1.73. The van der Waals surface area contributed by atoms with Gasteiger partial charge in [0.1, 0.15) is 0 Å². The number of hydrogen-bond donors (Lipinski definition) is 0. The second-order valence-corrected chi connectivity index (χ2v) is 0.894. The molecule has 0 amide bonds. The van der Waals surface area contributed by atoms with Gasteiger partial charge in [-0.2, -0.15) is 0 Å². The fourth-order valence-electron chi connectivity index (χ4n) is 0. The third-order valence-electron chi connectivity index (χ3n) is 0. The Bertz CT molecular complexity index is 18.4. The summed E-state index contributed by atoms with van der Waals surface area (Å²) in [6.07, 6.45) is 0. The molecule has 0 saturated heterocycles. The monoisotopic (exact) mass is 177 g/mol. The molecule has 2 nitrogen and oxygen atoms in total. The van der Waals surface area contributed by atoms with Crippen molar-refractivity contribution in [1.29, 1.82) is 0 Å². The fraction of sp³-hybridized carbons (Fsp3) is 1.00. The number of rotatable bonds is 0. The second-order valence-electron chi connectivity index (χ2n) is 0.894. The molecule has 43 valence electrons. The van der Waals surface area contributed by atoms with Crippen molar-refractivity contribution in [1.82, 2.24) is 5.01 Å². The topological polar surface area (TPSA) is 27.0 Å². The molecule has 0 saturated carbocycles. The van der Waals surface area contributed by atoms with Crippen molar-refractivity contribution in [2.75, 3.05) is 14.1 Å². The molecule has 0 atom stereocenters. The third-order valence-corrected chi connectivity index (χ3v) is 0. The van der Waals surface area contributed by atoms with Gasteiger partial charge in [-0.1, -0.05) is 0 Å². The molecule has 1 radical (unpaired) electrons. The summed E-state index contributed by atoms with van der Waals surface area (Å²) in [4.78, 5) is 0. The molecular weight excluding hydrogens is 171 g/mol. The predicted octanol–water partition coefficient (Wildman–Crippen LogP) is -5.48. The Morgan fingerprint density at radius 1 is 1.14 bits per heavy atom. The molecule has 0 spiro atoms. The van der Waals surface area contributed by atoms with E-state index in [0.29, 0.717) is 0 Å². The van der Waals surface area contributed by atoms with Crippen molar-refractivity contribution in [3.8, 4) is 0 Å². The first kappa shape index (κ1) is 24.1. The van der Waals surface area contributed by atoms with E-state index in [2.05, 4.69) is 0 Å². The predicted molar refractivity (Wildman–Crippen MR) is 18.0 cm³/mol. The van der Waals surface area contributed by atoms with Crippen LogP contribution < -0.4 is 24.8 Å². The minimum absolute atomic E-state index is 0. The molecule has 0 aliphatic heterocycles. The summed E-state index contributed by atoms with van der Waals surface area (Å²) in [7, 11) is 3.33. The summed E-state index contributed by atoms with van der Waals surface area (Å²) in [5.41, 5.74) is 0. The molecule has 0 aromatic rings. The van der Waals surface area contributed by atoms with Crippen LogP contribution in [0.2, 0.25) is 0 Å². The van der Waals surface area contributed by atoms with Crippen molar-refractivity contribution in [2.45, 2.75) is 0 Å². The van der Waals surface area contributed by atoms with Gasteiger partial charge in [0, 0.05) is 0 Å². The van der Waals surface area contributed by atoms with Gasteiger partial charge in [0.25, 0.3) is 0 Å². The number of nitrogens with one attached hydrogen (secondary N) is 1. The number of hydrogen-bond acceptors (Lipinski definition) is 1. The zero-order valence-electron chi connectivity index (χ0n) is 4.20. The Kier molecular flexibility index (Phi) is 53.9. The molecule has 0 aromatic carbocycles. The smallest absolute Gasteiger partial charge is 1.00 e. The molecular formula is C2H7Cl2N2Ti. The Labute approximate surface area is 71.5 Å². The van der Waals surface area contributed by atoms with Gasteiger partial charge in [-0.05, 0) is 14.1 Å². The summed E-state index contributed by atoms with van der Waals surface area (Å²) < 4.78 is 0. The van der Waals surface area contributed by atoms with Crippen LogP contribution in [-0.4, -0.2) is 19.1 Å². The molecule has 0 aromatic heterocycles. The maximum Gasteiger partial charge on any atom is 3.00 e. The van der Waals surface area contributed by atoms with Crippen LogP contribution in [0.5, 0.6) is 0 Å². The summed E-state index contributed by atoms with van der Waals surface area (Å²) >= 11 is 0. The van der Waals surface area contributed by atoms with E-state index in [1.807, 2.05) is 0 Å². The van der Waals surface area contributed by atoms with E-state index in [0.717, 1.165) is 0 Å². The normalized spacial score (nSPS) is 5.14. The Hall–Kier alpha value is 1.21. The maximum atomic E-state index is 6.42. The van der Waals surface area contributed by atoms with E-state index in [-0.39, 0.29) is 46.5 Å². The van der Waals surface area contributed by atoms with Crippen LogP contribution in [0.25, 0.3) is 5.84 Å². The molecule has 1 N–H and O–H groups in total. The Morgan fingerprint density at radius 2 is 1.14 bits per heavy atom. The quantitative estimate of drug-likeness (QED) is 0.268. The number of halogens is 2. The summed E-state index contributed by atoms with van der Waals surface area (Å²) in [5, 5.41) is 1.25. The van der Waals surface area contributed by atoms with E-state index < -0.39 is 0 Å². The summed E-state index contributed by atoms with van der Waals surface area (Å²) in [6, 6.07) is 0. The Balaban J connectivity index is -0.0000000150. The van der Waals surface area contributed by atoms with Gasteiger partial charge in [0.15, 0.2) is 0 Å². The zero-order valence-corrected chi connectivity index (χ0v) is 7.28. The van der Waals surface area contributed by atoms with Crippen molar-refractivity contribution in [3.63, 3.8) is 0 Å². The number of nitrogens with zero attached hydrogens (tertiary/aromatic N) is 1. The first-order valence-corrected chi connectivity index (χ1v) is 1.12. The van der Waals surface area contributed by atoms with Gasteiger partial charge >= 0.3 is 21.7 Å². The van der Waals surface area contributed by atoms with Crippen LogP contribution in [0, 0.1) is 0 Å². The van der Waals surface area contributed by atoms with E-state index in [1.165, 1.54) is 5.01 Å². The standard InChI is InChI=1S/C2H7N2.2ClH.Ti/c1-4(2)3;;;/h3H,1-2H3;2*1H;/q-1;;;+3/p-2. The van der Waals surface area contributed by atoms with Crippen molar-refractivity contribution < 1.29 is 46.5 Å².